The summed E-state index contributed by atoms with van der Waals surface area (Å²) in [5.41, 5.74) is 2.49. The van der Waals surface area contributed by atoms with E-state index in [9.17, 15) is 0 Å². The van der Waals surface area contributed by atoms with Gasteiger partial charge in [0, 0.05) is 26.0 Å². The van der Waals surface area contributed by atoms with E-state index >= 15 is 0 Å². The molecule has 0 saturated carbocycles. The number of ether oxygens (including phenoxy) is 1. The van der Waals surface area contributed by atoms with Crippen LogP contribution in [-0.4, -0.2) is 37.2 Å². The number of aromatic nitrogens is 1. The minimum atomic E-state index is 0.0101. The maximum absolute atomic E-state index is 6.17. The van der Waals surface area contributed by atoms with Gasteiger partial charge in [0.05, 0.1) is 11.6 Å². The third kappa shape index (κ3) is 6.23. The molecule has 2 aromatic rings. The molecule has 0 amide bonds. The third-order valence-electron chi connectivity index (χ3n) is 4.13. The van der Waals surface area contributed by atoms with Crippen LogP contribution in [0.4, 0.5) is 0 Å². The maximum Gasteiger partial charge on any atom is 0.191 e. The Labute approximate surface area is 160 Å². The fraction of sp³-hybridized carbons (Fsp3) is 0.400. The van der Waals surface area contributed by atoms with E-state index in [1.165, 1.54) is 11.1 Å². The molecule has 0 spiro atoms. The van der Waals surface area contributed by atoms with Crippen LogP contribution >= 0.6 is 11.6 Å². The van der Waals surface area contributed by atoms with Crippen LogP contribution < -0.4 is 15.4 Å². The van der Waals surface area contributed by atoms with Crippen molar-refractivity contribution in [1.29, 1.82) is 0 Å². The molecule has 0 saturated heterocycles. The SMILES string of the molecule is CCC(CNC(=NC)NCCc1ccncc1C)Oc1ccccc1Cl. The number of halogens is 1. The van der Waals surface area contributed by atoms with Gasteiger partial charge in [0.2, 0.25) is 0 Å². The first kappa shape index (κ1) is 20.0. The second-order valence-electron chi connectivity index (χ2n) is 6.01. The summed E-state index contributed by atoms with van der Waals surface area (Å²) in [7, 11) is 1.77. The van der Waals surface area contributed by atoms with Crippen LogP contribution in [0.25, 0.3) is 0 Å². The molecule has 1 atom stereocenters. The molecule has 5 nitrogen and oxygen atoms in total. The first-order valence-corrected chi connectivity index (χ1v) is 9.27. The number of hydrogen-bond donors (Lipinski definition) is 2. The van der Waals surface area contributed by atoms with E-state index in [2.05, 4.69) is 40.5 Å². The number of rotatable bonds is 8. The van der Waals surface area contributed by atoms with E-state index < -0.39 is 0 Å². The van der Waals surface area contributed by atoms with Crippen molar-refractivity contribution in [2.75, 3.05) is 20.1 Å². The second-order valence-corrected chi connectivity index (χ2v) is 6.42. The van der Waals surface area contributed by atoms with Crippen molar-refractivity contribution in [1.82, 2.24) is 15.6 Å². The fourth-order valence-corrected chi connectivity index (χ4v) is 2.70. The van der Waals surface area contributed by atoms with Gasteiger partial charge in [-0.1, -0.05) is 30.7 Å². The topological polar surface area (TPSA) is 58.5 Å². The average Bonchev–Trinajstić information content (AvgIpc) is 2.66. The number of aliphatic imine (C=N–C) groups is 1. The second kappa shape index (κ2) is 10.7. The highest BCUT2D eigenvalue weighted by molar-refractivity contribution is 6.32. The van der Waals surface area contributed by atoms with Gasteiger partial charge in [-0.2, -0.15) is 0 Å². The largest absolute Gasteiger partial charge is 0.487 e. The molecule has 6 heteroatoms. The van der Waals surface area contributed by atoms with Crippen molar-refractivity contribution in [3.05, 3.63) is 58.9 Å². The molecule has 1 unspecified atom stereocenters. The van der Waals surface area contributed by atoms with E-state index in [1.807, 2.05) is 36.7 Å². The summed E-state index contributed by atoms with van der Waals surface area (Å²) in [6, 6.07) is 9.58. The van der Waals surface area contributed by atoms with E-state index in [0.717, 1.165) is 25.3 Å². The summed E-state index contributed by atoms with van der Waals surface area (Å²) in [5, 5.41) is 7.28. The van der Waals surface area contributed by atoms with Gasteiger partial charge in [-0.15, -0.1) is 0 Å². The molecular weight excluding hydrogens is 348 g/mol. The number of benzene rings is 1. The number of guanidine groups is 1. The van der Waals surface area contributed by atoms with Gasteiger partial charge in [0.1, 0.15) is 11.9 Å². The standard InChI is InChI=1S/C20H27ClN4O/c1-4-17(26-19-8-6-5-7-18(19)21)14-25-20(22-3)24-12-10-16-9-11-23-13-15(16)2/h5-9,11,13,17H,4,10,12,14H2,1-3H3,(H2,22,24,25). The number of pyridine rings is 1. The molecule has 140 valence electrons. The van der Waals surface area contributed by atoms with Crippen molar-refractivity contribution in [2.45, 2.75) is 32.8 Å². The first-order valence-electron chi connectivity index (χ1n) is 8.89. The molecule has 0 aliphatic carbocycles. The Morgan fingerprint density at radius 1 is 1.27 bits per heavy atom. The highest BCUT2D eigenvalue weighted by Gasteiger charge is 2.11. The van der Waals surface area contributed by atoms with Gasteiger partial charge in [-0.3, -0.25) is 9.98 Å². The Balaban J connectivity index is 1.79. The summed E-state index contributed by atoms with van der Waals surface area (Å²) >= 11 is 6.17. The third-order valence-corrected chi connectivity index (χ3v) is 4.44. The average molecular weight is 375 g/mol. The van der Waals surface area contributed by atoms with Crippen molar-refractivity contribution < 1.29 is 4.74 Å². The van der Waals surface area contributed by atoms with Gasteiger partial charge >= 0.3 is 0 Å². The zero-order valence-electron chi connectivity index (χ0n) is 15.6. The number of nitrogens with one attached hydrogen (secondary N) is 2. The van der Waals surface area contributed by atoms with Crippen molar-refractivity contribution in [3.8, 4) is 5.75 Å². The smallest absolute Gasteiger partial charge is 0.191 e. The maximum atomic E-state index is 6.17. The van der Waals surface area contributed by atoms with Crippen LogP contribution in [0.1, 0.15) is 24.5 Å². The van der Waals surface area contributed by atoms with Gasteiger partial charge in [0.15, 0.2) is 5.96 Å². The lowest BCUT2D eigenvalue weighted by Crippen LogP contribution is -2.43. The molecule has 26 heavy (non-hydrogen) atoms. The van der Waals surface area contributed by atoms with Crippen LogP contribution in [0.15, 0.2) is 47.7 Å². The lowest BCUT2D eigenvalue weighted by atomic mass is 10.1. The van der Waals surface area contributed by atoms with Crippen LogP contribution in [0.5, 0.6) is 5.75 Å². The normalized spacial score (nSPS) is 12.5. The number of para-hydroxylation sites is 1. The fourth-order valence-electron chi connectivity index (χ4n) is 2.52. The molecule has 1 aromatic carbocycles. The van der Waals surface area contributed by atoms with Gasteiger partial charge < -0.3 is 15.4 Å². The minimum Gasteiger partial charge on any atom is -0.487 e. The van der Waals surface area contributed by atoms with E-state index in [-0.39, 0.29) is 6.10 Å². The van der Waals surface area contributed by atoms with E-state index in [4.69, 9.17) is 16.3 Å². The quantitative estimate of drug-likeness (QED) is 0.547. The highest BCUT2D eigenvalue weighted by Crippen LogP contribution is 2.24. The molecule has 2 N–H and O–H groups in total. The Hall–Kier alpha value is -2.27. The van der Waals surface area contributed by atoms with Crippen LogP contribution in [-0.2, 0) is 6.42 Å². The number of aryl methyl sites for hydroxylation is 1. The van der Waals surface area contributed by atoms with Crippen LogP contribution in [0.2, 0.25) is 5.02 Å². The van der Waals surface area contributed by atoms with Crippen molar-refractivity contribution >= 4 is 17.6 Å². The minimum absolute atomic E-state index is 0.0101. The van der Waals surface area contributed by atoms with Gasteiger partial charge in [0.25, 0.3) is 0 Å². The Morgan fingerprint density at radius 3 is 2.77 bits per heavy atom. The molecule has 0 aliphatic heterocycles. The van der Waals surface area contributed by atoms with Crippen molar-refractivity contribution in [3.63, 3.8) is 0 Å². The molecular formula is C20H27ClN4O. The summed E-state index contributed by atoms with van der Waals surface area (Å²) in [6.07, 6.45) is 5.51. The lowest BCUT2D eigenvalue weighted by molar-refractivity contribution is 0.199. The summed E-state index contributed by atoms with van der Waals surface area (Å²) in [4.78, 5) is 8.40. The van der Waals surface area contributed by atoms with Crippen LogP contribution in [0.3, 0.4) is 0 Å². The predicted octanol–water partition coefficient (Wildman–Crippen LogP) is 3.61. The molecule has 0 bridgehead atoms. The zero-order valence-corrected chi connectivity index (χ0v) is 16.4. The van der Waals surface area contributed by atoms with Crippen molar-refractivity contribution in [2.24, 2.45) is 4.99 Å². The molecule has 1 aromatic heterocycles. The molecule has 0 radical (unpaired) electrons. The summed E-state index contributed by atoms with van der Waals surface area (Å²) < 4.78 is 5.99. The molecule has 2 rings (SSSR count). The Bertz CT molecular complexity index is 720. The Morgan fingerprint density at radius 2 is 2.08 bits per heavy atom. The van der Waals surface area contributed by atoms with E-state index in [0.29, 0.717) is 17.3 Å². The van der Waals surface area contributed by atoms with Gasteiger partial charge in [-0.25, -0.2) is 0 Å². The number of hydrogen-bond acceptors (Lipinski definition) is 3. The number of nitrogens with zero attached hydrogens (tertiary/aromatic N) is 2. The van der Waals surface area contributed by atoms with Crippen LogP contribution in [0, 0.1) is 6.92 Å². The highest BCUT2D eigenvalue weighted by atomic mass is 35.5. The summed E-state index contributed by atoms with van der Waals surface area (Å²) in [5.74, 6) is 1.47. The molecule has 0 aliphatic rings. The Kier molecular flexibility index (Phi) is 8.22. The lowest BCUT2D eigenvalue weighted by Gasteiger charge is -2.20. The summed E-state index contributed by atoms with van der Waals surface area (Å²) in [6.45, 7) is 5.61. The molecule has 1 heterocycles. The zero-order chi connectivity index (χ0) is 18.8. The molecule has 0 fully saturated rings. The predicted molar refractivity (Wildman–Crippen MR) is 108 cm³/mol. The monoisotopic (exact) mass is 374 g/mol. The van der Waals surface area contributed by atoms with E-state index in [1.54, 1.807) is 7.05 Å². The first-order chi connectivity index (χ1) is 12.6. The van der Waals surface area contributed by atoms with Gasteiger partial charge in [-0.05, 0) is 49.1 Å².